The van der Waals surface area contributed by atoms with Crippen LogP contribution in [0.15, 0.2) is 48.5 Å². The molecule has 0 unspecified atom stereocenters. The molecule has 1 nitrogen and oxygen atoms in total. The summed E-state index contributed by atoms with van der Waals surface area (Å²) in [6.45, 7) is 14.5. The van der Waals surface area contributed by atoms with E-state index in [1.807, 2.05) is 0 Å². The van der Waals surface area contributed by atoms with Gasteiger partial charge in [0.05, 0.1) is 0 Å². The van der Waals surface area contributed by atoms with Crippen LogP contribution in [0, 0.1) is 26.2 Å². The molecule has 0 aliphatic rings. The Balaban J connectivity index is 2.37. The maximum Gasteiger partial charge on any atom is 0.215 e. The van der Waals surface area contributed by atoms with Crippen molar-refractivity contribution in [2.24, 2.45) is 5.41 Å². The summed E-state index contributed by atoms with van der Waals surface area (Å²) in [5.74, 6) is 0. The van der Waals surface area contributed by atoms with Crippen LogP contribution in [0.25, 0.3) is 22.2 Å². The van der Waals surface area contributed by atoms with E-state index in [4.69, 9.17) is 0 Å². The van der Waals surface area contributed by atoms with E-state index in [1.165, 1.54) is 38.9 Å². The summed E-state index contributed by atoms with van der Waals surface area (Å²) in [7, 11) is 0. The van der Waals surface area contributed by atoms with Gasteiger partial charge in [-0.25, -0.2) is 0 Å². The minimum Gasteiger partial charge on any atom is -0.191 e. The fourth-order valence-electron chi connectivity index (χ4n) is 3.62. The van der Waals surface area contributed by atoms with Gasteiger partial charge in [0.25, 0.3) is 0 Å². The lowest BCUT2D eigenvalue weighted by Crippen LogP contribution is -2.43. The Morgan fingerprint density at radius 1 is 0.833 bits per heavy atom. The zero-order valence-electron chi connectivity index (χ0n) is 15.8. The Labute approximate surface area is 146 Å². The standard InChI is InChI=1S/C23H28N/c1-16-11-17(2)13-20(12-16)22-18(3)14-19-9-7-8-10-21(19)24(22)15-23(4,5)6/h7-14H,15H2,1-6H3/q+1. The third-order valence-electron chi connectivity index (χ3n) is 4.37. The number of pyridine rings is 1. The molecule has 1 aromatic heterocycles. The Hall–Kier alpha value is -2.15. The summed E-state index contributed by atoms with van der Waals surface area (Å²) >= 11 is 0. The second-order valence-corrected chi connectivity index (χ2v) is 8.26. The monoisotopic (exact) mass is 318 g/mol. The molecule has 124 valence electrons. The van der Waals surface area contributed by atoms with Gasteiger partial charge in [0.15, 0.2) is 6.54 Å². The fraction of sp³-hybridized carbons (Fsp3) is 0.348. The molecule has 0 saturated heterocycles. The Morgan fingerprint density at radius 3 is 2.08 bits per heavy atom. The Kier molecular flexibility index (Phi) is 4.21. The summed E-state index contributed by atoms with van der Waals surface area (Å²) in [5.41, 5.74) is 8.17. The number of rotatable bonds is 2. The molecular weight excluding hydrogens is 290 g/mol. The largest absolute Gasteiger partial charge is 0.215 e. The van der Waals surface area contributed by atoms with Crippen LogP contribution in [0.2, 0.25) is 0 Å². The molecule has 0 bridgehead atoms. The molecule has 0 fully saturated rings. The predicted octanol–water partition coefficient (Wildman–Crippen LogP) is 5.77. The molecule has 0 amide bonds. The molecule has 0 spiro atoms. The van der Waals surface area contributed by atoms with E-state index >= 15 is 0 Å². The molecule has 0 aliphatic heterocycles. The highest BCUT2D eigenvalue weighted by Gasteiger charge is 2.26. The van der Waals surface area contributed by atoms with E-state index in [-0.39, 0.29) is 5.41 Å². The van der Waals surface area contributed by atoms with Gasteiger partial charge in [-0.3, -0.25) is 0 Å². The maximum absolute atomic E-state index is 2.51. The highest BCUT2D eigenvalue weighted by atomic mass is 15.0. The van der Waals surface area contributed by atoms with E-state index in [0.29, 0.717) is 0 Å². The van der Waals surface area contributed by atoms with Crippen LogP contribution in [0.4, 0.5) is 0 Å². The van der Waals surface area contributed by atoms with Crippen molar-refractivity contribution < 1.29 is 4.57 Å². The number of nitrogens with zero attached hydrogens (tertiary/aromatic N) is 1. The first-order valence-corrected chi connectivity index (χ1v) is 8.75. The third-order valence-corrected chi connectivity index (χ3v) is 4.37. The van der Waals surface area contributed by atoms with E-state index < -0.39 is 0 Å². The molecule has 0 N–H and O–H groups in total. The van der Waals surface area contributed by atoms with E-state index in [9.17, 15) is 0 Å². The summed E-state index contributed by atoms with van der Waals surface area (Å²) in [5, 5.41) is 1.31. The van der Waals surface area contributed by atoms with Crippen molar-refractivity contribution in [1.82, 2.24) is 0 Å². The smallest absolute Gasteiger partial charge is 0.191 e. The summed E-state index contributed by atoms with van der Waals surface area (Å²) in [6.07, 6.45) is 0. The molecule has 24 heavy (non-hydrogen) atoms. The van der Waals surface area contributed by atoms with Crippen molar-refractivity contribution >= 4 is 10.9 Å². The Bertz CT molecular complexity index is 878. The van der Waals surface area contributed by atoms with Crippen LogP contribution >= 0.6 is 0 Å². The van der Waals surface area contributed by atoms with E-state index in [1.54, 1.807) is 0 Å². The van der Waals surface area contributed by atoms with Crippen LogP contribution in [0.1, 0.15) is 37.5 Å². The molecule has 0 aliphatic carbocycles. The third kappa shape index (κ3) is 3.36. The van der Waals surface area contributed by atoms with Gasteiger partial charge >= 0.3 is 0 Å². The molecule has 0 radical (unpaired) electrons. The molecule has 3 rings (SSSR count). The van der Waals surface area contributed by atoms with Crippen molar-refractivity contribution in [2.45, 2.75) is 48.1 Å². The van der Waals surface area contributed by atoms with Crippen LogP contribution in [0.5, 0.6) is 0 Å². The van der Waals surface area contributed by atoms with Crippen molar-refractivity contribution in [3.63, 3.8) is 0 Å². The average Bonchev–Trinajstić information content (AvgIpc) is 2.44. The second-order valence-electron chi connectivity index (χ2n) is 8.26. The van der Waals surface area contributed by atoms with Gasteiger partial charge in [-0.15, -0.1) is 0 Å². The minimum absolute atomic E-state index is 0.217. The van der Waals surface area contributed by atoms with Gasteiger partial charge < -0.3 is 0 Å². The SMILES string of the molecule is Cc1cc(C)cc(-c2c(C)cc3ccccc3[n+]2CC(C)(C)C)c1. The lowest BCUT2D eigenvalue weighted by atomic mass is 9.94. The van der Waals surface area contributed by atoms with Crippen molar-refractivity contribution in [3.05, 3.63) is 65.2 Å². The fourth-order valence-corrected chi connectivity index (χ4v) is 3.62. The van der Waals surface area contributed by atoms with Gasteiger partial charge in [0, 0.05) is 28.0 Å². The lowest BCUT2D eigenvalue weighted by molar-refractivity contribution is -0.673. The number of hydrogen-bond donors (Lipinski definition) is 0. The summed E-state index contributed by atoms with van der Waals surface area (Å²) < 4.78 is 2.51. The molecule has 0 atom stereocenters. The Morgan fingerprint density at radius 2 is 1.46 bits per heavy atom. The van der Waals surface area contributed by atoms with Crippen LogP contribution in [-0.2, 0) is 6.54 Å². The second kappa shape index (κ2) is 6.05. The lowest BCUT2D eigenvalue weighted by Gasteiger charge is -2.18. The van der Waals surface area contributed by atoms with Gasteiger partial charge in [0.1, 0.15) is 0 Å². The van der Waals surface area contributed by atoms with Crippen molar-refractivity contribution in [2.75, 3.05) is 0 Å². The van der Waals surface area contributed by atoms with E-state index in [0.717, 1.165) is 6.54 Å². The topological polar surface area (TPSA) is 3.88 Å². The molecular formula is C23H28N+. The molecule has 0 saturated carbocycles. The number of benzene rings is 2. The molecule has 3 aromatic rings. The molecule has 1 heterocycles. The first kappa shape index (κ1) is 16.7. The van der Waals surface area contributed by atoms with E-state index in [2.05, 4.69) is 94.6 Å². The zero-order valence-corrected chi connectivity index (χ0v) is 15.8. The number of hydrogen-bond acceptors (Lipinski definition) is 0. The quantitative estimate of drug-likeness (QED) is 0.528. The van der Waals surface area contributed by atoms with Crippen LogP contribution in [0.3, 0.4) is 0 Å². The van der Waals surface area contributed by atoms with Gasteiger partial charge in [0.2, 0.25) is 11.2 Å². The summed E-state index contributed by atoms with van der Waals surface area (Å²) in [4.78, 5) is 0. The van der Waals surface area contributed by atoms with Gasteiger partial charge in [-0.05, 0) is 45.0 Å². The first-order chi connectivity index (χ1) is 11.2. The number of aromatic nitrogens is 1. The van der Waals surface area contributed by atoms with Crippen LogP contribution < -0.4 is 4.57 Å². The number of aryl methyl sites for hydroxylation is 3. The van der Waals surface area contributed by atoms with Gasteiger partial charge in [-0.2, -0.15) is 4.57 Å². The van der Waals surface area contributed by atoms with Crippen molar-refractivity contribution in [1.29, 1.82) is 0 Å². The highest BCUT2D eigenvalue weighted by molar-refractivity contribution is 5.79. The van der Waals surface area contributed by atoms with Crippen LogP contribution in [-0.4, -0.2) is 0 Å². The number of fused-ring (bicyclic) bond motifs is 1. The average molecular weight is 318 g/mol. The predicted molar refractivity (Wildman–Crippen MR) is 103 cm³/mol. The summed E-state index contributed by atoms with van der Waals surface area (Å²) in [6, 6.07) is 17.9. The molecule has 2 aromatic carbocycles. The van der Waals surface area contributed by atoms with Crippen molar-refractivity contribution in [3.8, 4) is 11.3 Å². The first-order valence-electron chi connectivity index (χ1n) is 8.75. The normalized spacial score (nSPS) is 11.9. The highest BCUT2D eigenvalue weighted by Crippen LogP contribution is 2.27. The molecule has 1 heteroatoms. The number of para-hydroxylation sites is 1. The zero-order chi connectivity index (χ0) is 17.5. The van der Waals surface area contributed by atoms with Gasteiger partial charge in [-0.1, -0.05) is 50.1 Å². The maximum atomic E-state index is 2.51. The minimum atomic E-state index is 0.217.